The maximum absolute atomic E-state index is 4.36. The molecule has 2 rings (SSSR count). The third kappa shape index (κ3) is 2.15. The molecule has 0 aromatic carbocycles. The van der Waals surface area contributed by atoms with Crippen LogP contribution >= 0.6 is 0 Å². The van der Waals surface area contributed by atoms with Crippen LogP contribution in [-0.2, 0) is 13.1 Å². The van der Waals surface area contributed by atoms with E-state index in [0.29, 0.717) is 5.92 Å². The van der Waals surface area contributed by atoms with Crippen LogP contribution < -0.4 is 0 Å². The van der Waals surface area contributed by atoms with Gasteiger partial charge >= 0.3 is 0 Å². The first-order valence-corrected chi connectivity index (χ1v) is 5.72. The van der Waals surface area contributed by atoms with Crippen LogP contribution in [-0.4, -0.2) is 19.3 Å². The van der Waals surface area contributed by atoms with Gasteiger partial charge in [0, 0.05) is 12.7 Å². The minimum absolute atomic E-state index is 0.532. The Labute approximate surface area is 95.9 Å². The van der Waals surface area contributed by atoms with E-state index in [-0.39, 0.29) is 0 Å². The highest BCUT2D eigenvalue weighted by atomic mass is 15.3. The van der Waals surface area contributed by atoms with E-state index in [4.69, 9.17) is 0 Å². The van der Waals surface area contributed by atoms with Gasteiger partial charge in [0.2, 0.25) is 0 Å². The number of hydrogen-bond donors (Lipinski definition) is 0. The van der Waals surface area contributed by atoms with Crippen LogP contribution in [0.1, 0.15) is 37.9 Å². The van der Waals surface area contributed by atoms with Crippen molar-refractivity contribution >= 4 is 0 Å². The van der Waals surface area contributed by atoms with Crippen LogP contribution in [0.25, 0.3) is 0 Å². The van der Waals surface area contributed by atoms with Gasteiger partial charge in [0.15, 0.2) is 0 Å². The molecule has 4 heteroatoms. The van der Waals surface area contributed by atoms with Gasteiger partial charge in [-0.3, -0.25) is 4.68 Å². The van der Waals surface area contributed by atoms with Crippen LogP contribution in [0, 0.1) is 0 Å². The molecule has 0 atom stereocenters. The largest absolute Gasteiger partial charge is 0.333 e. The second-order valence-electron chi connectivity index (χ2n) is 4.30. The Kier molecular flexibility index (Phi) is 3.08. The van der Waals surface area contributed by atoms with Crippen molar-refractivity contribution in [2.24, 2.45) is 0 Å². The summed E-state index contributed by atoms with van der Waals surface area (Å²) in [5.74, 6) is 0.532. The number of aromatic nitrogens is 4. The maximum atomic E-state index is 4.36. The van der Waals surface area contributed by atoms with Gasteiger partial charge in [0.1, 0.15) is 0 Å². The minimum atomic E-state index is 0.532. The van der Waals surface area contributed by atoms with Crippen molar-refractivity contribution in [3.8, 4) is 0 Å². The molecule has 0 aliphatic heterocycles. The van der Waals surface area contributed by atoms with E-state index in [1.54, 1.807) is 0 Å². The van der Waals surface area contributed by atoms with Crippen LogP contribution in [0.4, 0.5) is 0 Å². The molecule has 0 spiro atoms. The quantitative estimate of drug-likeness (QED) is 0.789. The number of hydrogen-bond acceptors (Lipinski definition) is 2. The molecule has 2 aromatic heterocycles. The molecule has 0 saturated carbocycles. The first-order valence-electron chi connectivity index (χ1n) is 5.72. The zero-order valence-corrected chi connectivity index (χ0v) is 10.1. The van der Waals surface area contributed by atoms with Gasteiger partial charge in [-0.15, -0.1) is 0 Å². The van der Waals surface area contributed by atoms with Gasteiger partial charge in [-0.05, 0) is 18.4 Å². The highest BCUT2D eigenvalue weighted by molar-refractivity contribution is 5.10. The average Bonchev–Trinajstić information content (AvgIpc) is 2.87. The van der Waals surface area contributed by atoms with Crippen molar-refractivity contribution in [3.63, 3.8) is 0 Å². The number of aryl methyl sites for hydroxylation is 1. The number of nitrogens with zero attached hydrogens (tertiary/aromatic N) is 4. The lowest BCUT2D eigenvalue weighted by molar-refractivity contribution is 0.621. The van der Waals surface area contributed by atoms with Crippen molar-refractivity contribution in [1.29, 1.82) is 0 Å². The number of imidazole rings is 1. The molecular formula is C12H18N4. The summed E-state index contributed by atoms with van der Waals surface area (Å²) in [7, 11) is 0. The lowest BCUT2D eigenvalue weighted by Crippen LogP contribution is -2.06. The molecule has 0 N–H and O–H groups in total. The van der Waals surface area contributed by atoms with Gasteiger partial charge < -0.3 is 4.57 Å². The molecule has 2 aromatic rings. The van der Waals surface area contributed by atoms with E-state index < -0.39 is 0 Å². The first kappa shape index (κ1) is 10.9. The van der Waals surface area contributed by atoms with Crippen molar-refractivity contribution in [3.05, 3.63) is 36.2 Å². The standard InChI is InChI=1S/C12H18N4/c1-4-15-9-13-6-12(15)8-16-7-11(5-14-16)10(2)3/h5-7,9-10H,4,8H2,1-3H3. The normalized spacial score (nSPS) is 11.2. The van der Waals surface area contributed by atoms with E-state index in [1.165, 1.54) is 11.3 Å². The average molecular weight is 218 g/mol. The fourth-order valence-corrected chi connectivity index (χ4v) is 1.69. The zero-order valence-electron chi connectivity index (χ0n) is 10.1. The van der Waals surface area contributed by atoms with E-state index >= 15 is 0 Å². The van der Waals surface area contributed by atoms with E-state index in [0.717, 1.165) is 13.1 Å². The van der Waals surface area contributed by atoms with Crippen LogP contribution in [0.5, 0.6) is 0 Å². The Bertz CT molecular complexity index is 453. The molecule has 0 saturated heterocycles. The van der Waals surface area contributed by atoms with Gasteiger partial charge in [-0.25, -0.2) is 4.98 Å². The Morgan fingerprint density at radius 1 is 1.31 bits per heavy atom. The second-order valence-corrected chi connectivity index (χ2v) is 4.30. The highest BCUT2D eigenvalue weighted by Gasteiger charge is 2.05. The fraction of sp³-hybridized carbons (Fsp3) is 0.500. The van der Waals surface area contributed by atoms with Crippen molar-refractivity contribution in [2.75, 3.05) is 0 Å². The Hall–Kier alpha value is -1.58. The summed E-state index contributed by atoms with van der Waals surface area (Å²) in [6, 6.07) is 0. The van der Waals surface area contributed by atoms with Gasteiger partial charge in [-0.1, -0.05) is 13.8 Å². The van der Waals surface area contributed by atoms with Crippen LogP contribution in [0.3, 0.4) is 0 Å². The third-order valence-electron chi connectivity index (χ3n) is 2.78. The summed E-state index contributed by atoms with van der Waals surface area (Å²) in [4.78, 5) is 4.15. The maximum Gasteiger partial charge on any atom is 0.0948 e. The van der Waals surface area contributed by atoms with Crippen LogP contribution in [0.2, 0.25) is 0 Å². The fourth-order valence-electron chi connectivity index (χ4n) is 1.69. The molecule has 16 heavy (non-hydrogen) atoms. The predicted octanol–water partition coefficient (Wildman–Crippen LogP) is 2.27. The SMILES string of the molecule is CCn1cncc1Cn1cc(C(C)C)cn1. The predicted molar refractivity (Wildman–Crippen MR) is 63.3 cm³/mol. The molecule has 0 aliphatic rings. The molecule has 4 nitrogen and oxygen atoms in total. The lowest BCUT2D eigenvalue weighted by atomic mass is 10.1. The summed E-state index contributed by atoms with van der Waals surface area (Å²) in [6.07, 6.45) is 7.82. The monoisotopic (exact) mass is 218 g/mol. The molecule has 0 fully saturated rings. The van der Waals surface area contributed by atoms with Crippen molar-refractivity contribution in [1.82, 2.24) is 19.3 Å². The molecular weight excluding hydrogens is 200 g/mol. The third-order valence-corrected chi connectivity index (χ3v) is 2.78. The van der Waals surface area contributed by atoms with Crippen molar-refractivity contribution < 1.29 is 0 Å². The highest BCUT2D eigenvalue weighted by Crippen LogP contribution is 2.13. The summed E-state index contributed by atoms with van der Waals surface area (Å²) < 4.78 is 4.11. The number of rotatable bonds is 4. The molecule has 0 bridgehead atoms. The van der Waals surface area contributed by atoms with E-state index in [9.17, 15) is 0 Å². The van der Waals surface area contributed by atoms with E-state index in [2.05, 4.69) is 41.6 Å². The second kappa shape index (κ2) is 4.51. The molecule has 0 radical (unpaired) electrons. The molecule has 0 amide bonds. The first-order chi connectivity index (χ1) is 7.70. The summed E-state index contributed by atoms with van der Waals surface area (Å²) in [5.41, 5.74) is 2.48. The molecule has 0 unspecified atom stereocenters. The summed E-state index contributed by atoms with van der Waals surface area (Å²) >= 11 is 0. The minimum Gasteiger partial charge on any atom is -0.333 e. The van der Waals surface area contributed by atoms with Gasteiger partial charge in [-0.2, -0.15) is 5.10 Å². The molecule has 0 aliphatic carbocycles. The Morgan fingerprint density at radius 2 is 2.12 bits per heavy atom. The topological polar surface area (TPSA) is 35.6 Å². The van der Waals surface area contributed by atoms with Crippen LogP contribution in [0.15, 0.2) is 24.9 Å². The molecule has 86 valence electrons. The zero-order chi connectivity index (χ0) is 11.5. The Morgan fingerprint density at radius 3 is 2.75 bits per heavy atom. The summed E-state index contributed by atoms with van der Waals surface area (Å²) in [5, 5.41) is 4.36. The smallest absolute Gasteiger partial charge is 0.0948 e. The van der Waals surface area contributed by atoms with E-state index in [1.807, 2.05) is 23.4 Å². The summed E-state index contributed by atoms with van der Waals surface area (Å²) in [6.45, 7) is 8.22. The molecule has 2 heterocycles. The van der Waals surface area contributed by atoms with Crippen molar-refractivity contribution in [2.45, 2.75) is 39.8 Å². The van der Waals surface area contributed by atoms with Gasteiger partial charge in [0.05, 0.1) is 31.0 Å². The van der Waals surface area contributed by atoms with Gasteiger partial charge in [0.25, 0.3) is 0 Å². The Balaban J connectivity index is 2.14. The lowest BCUT2D eigenvalue weighted by Gasteiger charge is -2.05.